The second-order valence-electron chi connectivity index (χ2n) is 6.87. The summed E-state index contributed by atoms with van der Waals surface area (Å²) in [4.78, 5) is 41.0. The average Bonchev–Trinajstić information content (AvgIpc) is 2.93. The molecule has 0 aromatic heterocycles. The van der Waals surface area contributed by atoms with Crippen LogP contribution in [0.2, 0.25) is 10.0 Å². The molecule has 2 aliphatic rings. The van der Waals surface area contributed by atoms with Crippen LogP contribution in [-0.4, -0.2) is 59.4 Å². The first-order valence-electron chi connectivity index (χ1n) is 8.92. The van der Waals surface area contributed by atoms with Crippen molar-refractivity contribution in [2.24, 2.45) is 0 Å². The number of non-ortho nitro benzene ring substituents is 1. The Kier molecular flexibility index (Phi) is 5.16. The van der Waals surface area contributed by atoms with Gasteiger partial charge in [-0.1, -0.05) is 23.2 Å². The lowest BCUT2D eigenvalue weighted by Crippen LogP contribution is -2.51. The zero-order chi connectivity index (χ0) is 20.7. The van der Waals surface area contributed by atoms with E-state index in [1.54, 1.807) is 12.1 Å². The van der Waals surface area contributed by atoms with Crippen LogP contribution in [0, 0.1) is 10.1 Å². The molecule has 0 spiro atoms. The van der Waals surface area contributed by atoms with E-state index >= 15 is 0 Å². The summed E-state index contributed by atoms with van der Waals surface area (Å²) in [6.45, 7) is 2.84. The molecular weight excluding hydrogens is 419 g/mol. The SMILES string of the molecule is O=C1c2cc(Cl)c(Cl)cc2C(=O)N1CN1CCN(c2ccc([N+](=O)[O-])cc2)CC1. The summed E-state index contributed by atoms with van der Waals surface area (Å²) in [5.41, 5.74) is 1.50. The minimum Gasteiger partial charge on any atom is -0.369 e. The van der Waals surface area contributed by atoms with Gasteiger partial charge in [-0.05, 0) is 24.3 Å². The normalized spacial score (nSPS) is 17.0. The van der Waals surface area contributed by atoms with Gasteiger partial charge in [0.05, 0.1) is 32.8 Å². The number of hydrogen-bond donors (Lipinski definition) is 0. The first-order valence-corrected chi connectivity index (χ1v) is 9.68. The Labute approximate surface area is 176 Å². The van der Waals surface area contributed by atoms with Crippen molar-refractivity contribution in [3.05, 3.63) is 67.7 Å². The first kappa shape index (κ1) is 19.6. The third-order valence-electron chi connectivity index (χ3n) is 5.15. The van der Waals surface area contributed by atoms with Gasteiger partial charge in [-0.3, -0.25) is 29.5 Å². The molecule has 4 rings (SSSR count). The fourth-order valence-electron chi connectivity index (χ4n) is 3.54. The van der Waals surface area contributed by atoms with Gasteiger partial charge >= 0.3 is 0 Å². The highest BCUT2D eigenvalue weighted by Crippen LogP contribution is 2.31. The Morgan fingerprint density at radius 3 is 1.90 bits per heavy atom. The third kappa shape index (κ3) is 3.66. The van der Waals surface area contributed by atoms with Crippen molar-refractivity contribution in [1.82, 2.24) is 9.80 Å². The van der Waals surface area contributed by atoms with E-state index in [9.17, 15) is 19.7 Å². The summed E-state index contributed by atoms with van der Waals surface area (Å²) < 4.78 is 0. The lowest BCUT2D eigenvalue weighted by Gasteiger charge is -2.37. The van der Waals surface area contributed by atoms with Crippen LogP contribution in [0.4, 0.5) is 11.4 Å². The maximum Gasteiger partial charge on any atom is 0.269 e. The summed E-state index contributed by atoms with van der Waals surface area (Å²) in [6.07, 6.45) is 0. The Bertz CT molecular complexity index is 963. The van der Waals surface area contributed by atoms with Crippen molar-refractivity contribution < 1.29 is 14.5 Å². The van der Waals surface area contributed by atoms with Gasteiger partial charge in [0.1, 0.15) is 0 Å². The number of halogens is 2. The van der Waals surface area contributed by atoms with E-state index in [0.29, 0.717) is 26.2 Å². The van der Waals surface area contributed by atoms with E-state index in [-0.39, 0.29) is 45.3 Å². The number of imide groups is 1. The minimum atomic E-state index is -0.426. The van der Waals surface area contributed by atoms with Crippen molar-refractivity contribution in [1.29, 1.82) is 0 Å². The van der Waals surface area contributed by atoms with Crippen LogP contribution in [0.5, 0.6) is 0 Å². The summed E-state index contributed by atoms with van der Waals surface area (Å²) in [6, 6.07) is 9.29. The molecule has 2 aliphatic heterocycles. The van der Waals surface area contributed by atoms with E-state index < -0.39 is 4.92 Å². The molecule has 8 nitrogen and oxygen atoms in total. The van der Waals surface area contributed by atoms with Crippen LogP contribution < -0.4 is 4.90 Å². The molecule has 29 heavy (non-hydrogen) atoms. The number of nitro groups is 1. The van der Waals surface area contributed by atoms with Gasteiger partial charge in [0.2, 0.25) is 0 Å². The molecule has 0 saturated carbocycles. The molecule has 150 valence electrons. The Balaban J connectivity index is 1.39. The standard InChI is InChI=1S/C19H16Cl2N4O4/c20-16-9-14-15(10-17(16)21)19(27)24(18(14)26)11-22-5-7-23(8-6-22)12-1-3-13(4-2-12)25(28)29/h1-4,9-10H,5-8,11H2. The van der Waals surface area contributed by atoms with Gasteiger partial charge in [-0.2, -0.15) is 0 Å². The summed E-state index contributed by atoms with van der Waals surface area (Å²) in [7, 11) is 0. The largest absolute Gasteiger partial charge is 0.369 e. The van der Waals surface area contributed by atoms with E-state index in [1.807, 2.05) is 4.90 Å². The number of carbonyl (C=O) groups is 2. The molecule has 0 atom stereocenters. The maximum atomic E-state index is 12.6. The molecule has 0 unspecified atom stereocenters. The van der Waals surface area contributed by atoms with Gasteiger partial charge in [0.25, 0.3) is 17.5 Å². The highest BCUT2D eigenvalue weighted by atomic mass is 35.5. The molecule has 0 bridgehead atoms. The fourth-order valence-corrected chi connectivity index (χ4v) is 3.87. The molecule has 2 heterocycles. The Morgan fingerprint density at radius 1 is 0.897 bits per heavy atom. The number of anilines is 1. The predicted octanol–water partition coefficient (Wildman–Crippen LogP) is 3.28. The number of benzene rings is 2. The Morgan fingerprint density at radius 2 is 1.41 bits per heavy atom. The topological polar surface area (TPSA) is 87.0 Å². The predicted molar refractivity (Wildman–Crippen MR) is 109 cm³/mol. The number of nitro benzene ring substituents is 1. The van der Waals surface area contributed by atoms with Crippen LogP contribution in [0.3, 0.4) is 0 Å². The third-order valence-corrected chi connectivity index (χ3v) is 5.87. The number of fused-ring (bicyclic) bond motifs is 1. The Hall–Kier alpha value is -2.68. The van der Waals surface area contributed by atoms with Crippen molar-refractivity contribution >= 4 is 46.4 Å². The molecular formula is C19H16Cl2N4O4. The first-order chi connectivity index (χ1) is 13.8. The van der Waals surface area contributed by atoms with Crippen molar-refractivity contribution in [2.45, 2.75) is 0 Å². The van der Waals surface area contributed by atoms with E-state index in [2.05, 4.69) is 4.90 Å². The average molecular weight is 435 g/mol. The van der Waals surface area contributed by atoms with Crippen molar-refractivity contribution in [2.75, 3.05) is 37.7 Å². The smallest absolute Gasteiger partial charge is 0.269 e. The highest BCUT2D eigenvalue weighted by Gasteiger charge is 2.37. The van der Waals surface area contributed by atoms with Crippen LogP contribution in [-0.2, 0) is 0 Å². The van der Waals surface area contributed by atoms with Gasteiger partial charge in [-0.25, -0.2) is 0 Å². The number of hydrogen-bond acceptors (Lipinski definition) is 6. The second kappa shape index (κ2) is 7.62. The summed E-state index contributed by atoms with van der Waals surface area (Å²) in [5.74, 6) is -0.747. The maximum absolute atomic E-state index is 12.6. The van der Waals surface area contributed by atoms with Gasteiger partial charge in [0.15, 0.2) is 0 Å². The molecule has 1 fully saturated rings. The number of nitrogens with zero attached hydrogens (tertiary/aromatic N) is 4. The monoisotopic (exact) mass is 434 g/mol. The van der Waals surface area contributed by atoms with Crippen molar-refractivity contribution in [3.8, 4) is 0 Å². The zero-order valence-corrected chi connectivity index (χ0v) is 16.7. The quantitative estimate of drug-likeness (QED) is 0.416. The number of piperazine rings is 1. The number of amides is 2. The lowest BCUT2D eigenvalue weighted by molar-refractivity contribution is -0.384. The zero-order valence-electron chi connectivity index (χ0n) is 15.2. The van der Waals surface area contributed by atoms with E-state index in [4.69, 9.17) is 23.2 Å². The van der Waals surface area contributed by atoms with Crippen LogP contribution in [0.25, 0.3) is 0 Å². The molecule has 1 saturated heterocycles. The van der Waals surface area contributed by atoms with E-state index in [1.165, 1.54) is 29.2 Å². The molecule has 2 aromatic rings. The summed E-state index contributed by atoms with van der Waals surface area (Å²) >= 11 is 12.0. The molecule has 0 aliphatic carbocycles. The van der Waals surface area contributed by atoms with Gasteiger partial charge < -0.3 is 4.90 Å². The molecule has 0 radical (unpaired) electrons. The minimum absolute atomic E-state index is 0.0539. The number of carbonyl (C=O) groups excluding carboxylic acids is 2. The fraction of sp³-hybridized carbons (Fsp3) is 0.263. The summed E-state index contributed by atoms with van der Waals surface area (Å²) in [5, 5.41) is 11.3. The molecule has 10 heteroatoms. The van der Waals surface area contributed by atoms with E-state index in [0.717, 1.165) is 5.69 Å². The lowest BCUT2D eigenvalue weighted by atomic mass is 10.1. The molecule has 2 aromatic carbocycles. The van der Waals surface area contributed by atoms with Crippen molar-refractivity contribution in [3.63, 3.8) is 0 Å². The molecule has 0 N–H and O–H groups in total. The highest BCUT2D eigenvalue weighted by molar-refractivity contribution is 6.43. The second-order valence-corrected chi connectivity index (χ2v) is 7.68. The van der Waals surface area contributed by atoms with Crippen LogP contribution in [0.15, 0.2) is 36.4 Å². The van der Waals surface area contributed by atoms with Gasteiger partial charge in [0, 0.05) is 44.0 Å². The number of rotatable bonds is 4. The van der Waals surface area contributed by atoms with Gasteiger partial charge in [-0.15, -0.1) is 0 Å². The van der Waals surface area contributed by atoms with Crippen LogP contribution >= 0.6 is 23.2 Å². The van der Waals surface area contributed by atoms with Crippen LogP contribution in [0.1, 0.15) is 20.7 Å². The molecule has 2 amide bonds.